The number of nitrogens with zero attached hydrogens (tertiary/aromatic N) is 1. The zero-order chi connectivity index (χ0) is 17.2. The Morgan fingerprint density at radius 1 is 1.17 bits per heavy atom. The molecule has 2 aromatic rings. The molecule has 128 valence electrons. The zero-order valence-electron chi connectivity index (χ0n) is 13.5. The van der Waals surface area contributed by atoms with Crippen molar-refractivity contribution in [3.63, 3.8) is 0 Å². The van der Waals surface area contributed by atoms with E-state index in [9.17, 15) is 4.79 Å². The second-order valence-corrected chi connectivity index (χ2v) is 7.01. The third kappa shape index (κ3) is 6.72. The molecule has 0 radical (unpaired) electrons. The number of hydrogen-bond donors (Lipinski definition) is 3. The molecule has 0 spiro atoms. The number of carbonyl (C=O) groups is 1. The minimum Gasteiger partial charge on any atom is -0.356 e. The highest BCUT2D eigenvalue weighted by Gasteiger charge is 2.04. The first-order chi connectivity index (χ1) is 11.7. The molecule has 0 aliphatic rings. The molecule has 0 atom stereocenters. The van der Waals surface area contributed by atoms with Crippen LogP contribution in [0.25, 0.3) is 0 Å². The van der Waals surface area contributed by atoms with E-state index in [-0.39, 0.29) is 5.91 Å². The molecular formula is C17H21BrN4OS. The summed E-state index contributed by atoms with van der Waals surface area (Å²) in [5, 5.41) is 11.3. The van der Waals surface area contributed by atoms with E-state index < -0.39 is 0 Å². The standard InChI is InChI=1S/C17H21BrN4OS/c1-19-17(20-10-8-15-3-2-12-24-15)21-11-9-16(23)22-14-6-4-13(18)5-7-14/h2-7,12H,8-11H2,1H3,(H,22,23)(H2,19,20,21). The van der Waals surface area contributed by atoms with Crippen molar-refractivity contribution in [1.29, 1.82) is 0 Å². The molecule has 0 aliphatic carbocycles. The average Bonchev–Trinajstić information content (AvgIpc) is 3.09. The largest absolute Gasteiger partial charge is 0.356 e. The molecule has 0 bridgehead atoms. The van der Waals surface area contributed by atoms with Crippen molar-refractivity contribution >= 4 is 44.8 Å². The van der Waals surface area contributed by atoms with Crippen LogP contribution in [0.15, 0.2) is 51.2 Å². The number of carbonyl (C=O) groups excluding carboxylic acids is 1. The van der Waals surface area contributed by atoms with Crippen LogP contribution in [0.3, 0.4) is 0 Å². The maximum Gasteiger partial charge on any atom is 0.226 e. The number of aliphatic imine (C=N–C) groups is 1. The van der Waals surface area contributed by atoms with E-state index in [2.05, 4.69) is 54.4 Å². The molecule has 0 saturated heterocycles. The van der Waals surface area contributed by atoms with Gasteiger partial charge in [0, 0.05) is 41.6 Å². The summed E-state index contributed by atoms with van der Waals surface area (Å²) >= 11 is 5.12. The molecule has 1 heterocycles. The topological polar surface area (TPSA) is 65.5 Å². The summed E-state index contributed by atoms with van der Waals surface area (Å²) < 4.78 is 0.986. The summed E-state index contributed by atoms with van der Waals surface area (Å²) in [7, 11) is 1.72. The van der Waals surface area contributed by atoms with Gasteiger partial charge in [-0.1, -0.05) is 22.0 Å². The fourth-order valence-corrected chi connectivity index (χ4v) is 3.00. The van der Waals surface area contributed by atoms with Gasteiger partial charge in [-0.2, -0.15) is 0 Å². The second kappa shape index (κ2) is 10.1. The fraction of sp³-hybridized carbons (Fsp3) is 0.294. The highest BCUT2D eigenvalue weighted by molar-refractivity contribution is 9.10. The Hall–Kier alpha value is -1.86. The number of anilines is 1. The quantitative estimate of drug-likeness (QED) is 0.486. The van der Waals surface area contributed by atoms with E-state index in [1.54, 1.807) is 18.4 Å². The molecule has 2 rings (SSSR count). The highest BCUT2D eigenvalue weighted by Crippen LogP contribution is 2.14. The third-order valence-corrected chi connectivity index (χ3v) is 4.70. The van der Waals surface area contributed by atoms with Gasteiger partial charge >= 0.3 is 0 Å². The van der Waals surface area contributed by atoms with Crippen LogP contribution >= 0.6 is 27.3 Å². The van der Waals surface area contributed by atoms with Crippen molar-refractivity contribution in [2.45, 2.75) is 12.8 Å². The van der Waals surface area contributed by atoms with Crippen LogP contribution in [0.1, 0.15) is 11.3 Å². The molecule has 0 fully saturated rings. The monoisotopic (exact) mass is 408 g/mol. The highest BCUT2D eigenvalue weighted by atomic mass is 79.9. The predicted molar refractivity (Wildman–Crippen MR) is 105 cm³/mol. The molecule has 7 heteroatoms. The number of guanidine groups is 1. The summed E-state index contributed by atoms with van der Waals surface area (Å²) in [5.74, 6) is 0.682. The van der Waals surface area contributed by atoms with E-state index >= 15 is 0 Å². The SMILES string of the molecule is CN=C(NCCC(=O)Nc1ccc(Br)cc1)NCCc1cccs1. The van der Waals surface area contributed by atoms with Gasteiger partial charge in [0.25, 0.3) is 0 Å². The van der Waals surface area contributed by atoms with E-state index in [1.807, 2.05) is 24.3 Å². The van der Waals surface area contributed by atoms with Crippen LogP contribution in [0.2, 0.25) is 0 Å². The minimum atomic E-state index is -0.0288. The van der Waals surface area contributed by atoms with Gasteiger partial charge in [-0.3, -0.25) is 9.79 Å². The van der Waals surface area contributed by atoms with Gasteiger partial charge in [0.2, 0.25) is 5.91 Å². The summed E-state index contributed by atoms with van der Waals surface area (Å²) in [6, 6.07) is 11.7. The number of rotatable bonds is 7. The van der Waals surface area contributed by atoms with Crippen molar-refractivity contribution in [2.24, 2.45) is 4.99 Å². The van der Waals surface area contributed by atoms with Crippen LogP contribution in [0, 0.1) is 0 Å². The van der Waals surface area contributed by atoms with Crippen molar-refractivity contribution < 1.29 is 4.79 Å². The average molecular weight is 409 g/mol. The molecule has 24 heavy (non-hydrogen) atoms. The van der Waals surface area contributed by atoms with Crippen LogP contribution in [0.4, 0.5) is 5.69 Å². The zero-order valence-corrected chi connectivity index (χ0v) is 15.9. The number of benzene rings is 1. The Morgan fingerprint density at radius 2 is 1.92 bits per heavy atom. The summed E-state index contributed by atoms with van der Waals surface area (Å²) in [6.07, 6.45) is 1.34. The first kappa shape index (κ1) is 18.5. The predicted octanol–water partition coefficient (Wildman–Crippen LogP) is 3.25. The lowest BCUT2D eigenvalue weighted by Crippen LogP contribution is -2.39. The van der Waals surface area contributed by atoms with Crippen LogP contribution < -0.4 is 16.0 Å². The van der Waals surface area contributed by atoms with Gasteiger partial charge in [0.15, 0.2) is 5.96 Å². The maximum absolute atomic E-state index is 11.9. The molecule has 5 nitrogen and oxygen atoms in total. The van der Waals surface area contributed by atoms with Crippen molar-refractivity contribution in [2.75, 3.05) is 25.5 Å². The lowest BCUT2D eigenvalue weighted by atomic mass is 10.3. The molecular weight excluding hydrogens is 388 g/mol. The van der Waals surface area contributed by atoms with Gasteiger partial charge in [0.05, 0.1) is 0 Å². The Bertz CT molecular complexity index is 656. The van der Waals surface area contributed by atoms with Crippen LogP contribution in [-0.2, 0) is 11.2 Å². The molecule has 0 aliphatic heterocycles. The number of halogens is 1. The van der Waals surface area contributed by atoms with Gasteiger partial charge in [-0.25, -0.2) is 0 Å². The fourth-order valence-electron chi connectivity index (χ4n) is 2.03. The normalized spacial score (nSPS) is 11.2. The molecule has 1 aromatic heterocycles. The Balaban J connectivity index is 1.63. The molecule has 1 amide bonds. The molecule has 3 N–H and O–H groups in total. The van der Waals surface area contributed by atoms with E-state index in [0.717, 1.165) is 23.1 Å². The van der Waals surface area contributed by atoms with Crippen LogP contribution in [-0.4, -0.2) is 32.0 Å². The molecule has 0 unspecified atom stereocenters. The van der Waals surface area contributed by atoms with Gasteiger partial charge in [-0.15, -0.1) is 11.3 Å². The van der Waals surface area contributed by atoms with Gasteiger partial charge in [-0.05, 0) is 42.1 Å². The first-order valence-electron chi connectivity index (χ1n) is 7.69. The van der Waals surface area contributed by atoms with Crippen molar-refractivity contribution in [3.05, 3.63) is 51.1 Å². The number of hydrogen-bond acceptors (Lipinski definition) is 3. The Morgan fingerprint density at radius 3 is 2.58 bits per heavy atom. The van der Waals surface area contributed by atoms with E-state index in [1.165, 1.54) is 4.88 Å². The second-order valence-electron chi connectivity index (χ2n) is 5.06. The third-order valence-electron chi connectivity index (χ3n) is 3.24. The minimum absolute atomic E-state index is 0.0288. The molecule has 1 aromatic carbocycles. The number of amides is 1. The molecule has 0 saturated carbocycles. The smallest absolute Gasteiger partial charge is 0.226 e. The van der Waals surface area contributed by atoms with Crippen molar-refractivity contribution in [1.82, 2.24) is 10.6 Å². The Labute approximate surface area is 154 Å². The number of thiophene rings is 1. The lowest BCUT2D eigenvalue weighted by molar-refractivity contribution is -0.116. The van der Waals surface area contributed by atoms with E-state index in [4.69, 9.17) is 0 Å². The summed E-state index contributed by atoms with van der Waals surface area (Å²) in [5.41, 5.74) is 0.793. The Kier molecular flexibility index (Phi) is 7.77. The van der Waals surface area contributed by atoms with Gasteiger partial charge in [0.1, 0.15) is 0 Å². The van der Waals surface area contributed by atoms with Gasteiger partial charge < -0.3 is 16.0 Å². The van der Waals surface area contributed by atoms with Crippen molar-refractivity contribution in [3.8, 4) is 0 Å². The van der Waals surface area contributed by atoms with Crippen LogP contribution in [0.5, 0.6) is 0 Å². The maximum atomic E-state index is 11.9. The first-order valence-corrected chi connectivity index (χ1v) is 9.37. The van der Waals surface area contributed by atoms with E-state index in [0.29, 0.717) is 18.9 Å². The number of nitrogens with one attached hydrogen (secondary N) is 3. The summed E-state index contributed by atoms with van der Waals surface area (Å²) in [4.78, 5) is 17.4. The summed E-state index contributed by atoms with van der Waals surface area (Å²) in [6.45, 7) is 1.34. The lowest BCUT2D eigenvalue weighted by Gasteiger charge is -2.11.